The molecule has 0 fully saturated rings. The standard InChI is InChI=1S/C16H20O5/c1-16(2,3)21-14(17)9-7-11-6-8-13(19-4)12(10-11)15(18)20-5/h6-10H,1-5H3. The first-order valence-corrected chi connectivity index (χ1v) is 6.44. The molecule has 0 amide bonds. The molecule has 0 saturated heterocycles. The van der Waals surface area contributed by atoms with Gasteiger partial charge in [-0.25, -0.2) is 9.59 Å². The van der Waals surface area contributed by atoms with Gasteiger partial charge < -0.3 is 14.2 Å². The van der Waals surface area contributed by atoms with Crippen molar-refractivity contribution in [3.05, 3.63) is 35.4 Å². The van der Waals surface area contributed by atoms with Crippen molar-refractivity contribution >= 4 is 18.0 Å². The zero-order chi connectivity index (χ0) is 16.0. The first-order valence-electron chi connectivity index (χ1n) is 6.44. The molecule has 1 aromatic carbocycles. The Hall–Kier alpha value is -2.30. The Bertz CT molecular complexity index is 552. The number of benzene rings is 1. The van der Waals surface area contributed by atoms with Crippen LogP contribution in [-0.4, -0.2) is 31.8 Å². The van der Waals surface area contributed by atoms with Crippen LogP contribution in [0.15, 0.2) is 24.3 Å². The van der Waals surface area contributed by atoms with Crippen LogP contribution >= 0.6 is 0 Å². The van der Waals surface area contributed by atoms with Crippen molar-refractivity contribution in [1.82, 2.24) is 0 Å². The van der Waals surface area contributed by atoms with E-state index in [0.29, 0.717) is 16.9 Å². The minimum absolute atomic E-state index is 0.298. The van der Waals surface area contributed by atoms with Gasteiger partial charge in [-0.3, -0.25) is 0 Å². The van der Waals surface area contributed by atoms with Crippen molar-refractivity contribution < 1.29 is 23.8 Å². The van der Waals surface area contributed by atoms with Crippen LogP contribution in [0.1, 0.15) is 36.7 Å². The van der Waals surface area contributed by atoms with E-state index >= 15 is 0 Å². The van der Waals surface area contributed by atoms with E-state index in [1.54, 1.807) is 45.0 Å². The van der Waals surface area contributed by atoms with Gasteiger partial charge in [0, 0.05) is 6.08 Å². The molecule has 1 rings (SSSR count). The number of esters is 2. The number of ether oxygens (including phenoxy) is 3. The fourth-order valence-corrected chi connectivity index (χ4v) is 1.60. The molecule has 0 atom stereocenters. The highest BCUT2D eigenvalue weighted by atomic mass is 16.6. The molecule has 0 heterocycles. The van der Waals surface area contributed by atoms with Gasteiger partial charge in [0.05, 0.1) is 14.2 Å². The molecule has 0 radical (unpaired) electrons. The Morgan fingerprint density at radius 3 is 2.33 bits per heavy atom. The fourth-order valence-electron chi connectivity index (χ4n) is 1.60. The van der Waals surface area contributed by atoms with Gasteiger partial charge in [0.2, 0.25) is 0 Å². The molecule has 1 aromatic rings. The first kappa shape index (κ1) is 16.8. The summed E-state index contributed by atoms with van der Waals surface area (Å²) in [7, 11) is 2.77. The van der Waals surface area contributed by atoms with Crippen LogP contribution in [0, 0.1) is 0 Å². The zero-order valence-electron chi connectivity index (χ0n) is 12.9. The summed E-state index contributed by atoms with van der Waals surface area (Å²) in [5.74, 6) is -0.534. The summed E-state index contributed by atoms with van der Waals surface area (Å²) >= 11 is 0. The fraction of sp³-hybridized carbons (Fsp3) is 0.375. The second-order valence-corrected chi connectivity index (χ2v) is 5.32. The summed E-state index contributed by atoms with van der Waals surface area (Å²) in [6.07, 6.45) is 2.88. The van der Waals surface area contributed by atoms with E-state index in [9.17, 15) is 9.59 Å². The monoisotopic (exact) mass is 292 g/mol. The molecule has 0 unspecified atom stereocenters. The lowest BCUT2D eigenvalue weighted by atomic mass is 10.1. The number of hydrogen-bond donors (Lipinski definition) is 0. The predicted octanol–water partition coefficient (Wildman–Crippen LogP) is 2.84. The minimum Gasteiger partial charge on any atom is -0.496 e. The van der Waals surface area contributed by atoms with Gasteiger partial charge in [0.25, 0.3) is 0 Å². The molecule has 0 aliphatic rings. The lowest BCUT2D eigenvalue weighted by molar-refractivity contribution is -0.148. The van der Waals surface area contributed by atoms with Crippen LogP contribution < -0.4 is 4.74 Å². The summed E-state index contributed by atoms with van der Waals surface area (Å²) in [6, 6.07) is 4.96. The summed E-state index contributed by atoms with van der Waals surface area (Å²) in [4.78, 5) is 23.3. The van der Waals surface area contributed by atoms with Crippen LogP contribution in [0.5, 0.6) is 5.75 Å². The van der Waals surface area contributed by atoms with Crippen molar-refractivity contribution in [3.8, 4) is 5.75 Å². The number of rotatable bonds is 4. The van der Waals surface area contributed by atoms with Gasteiger partial charge in [0.15, 0.2) is 0 Å². The average Bonchev–Trinajstić information content (AvgIpc) is 2.42. The number of methoxy groups -OCH3 is 2. The third kappa shape index (κ3) is 5.30. The summed E-state index contributed by atoms with van der Waals surface area (Å²) in [6.45, 7) is 5.38. The number of hydrogen-bond acceptors (Lipinski definition) is 5. The Labute approximate surface area is 124 Å². The molecule has 5 nitrogen and oxygen atoms in total. The Kier molecular flexibility index (Phi) is 5.52. The highest BCUT2D eigenvalue weighted by molar-refractivity contribution is 5.94. The van der Waals surface area contributed by atoms with E-state index in [2.05, 4.69) is 0 Å². The van der Waals surface area contributed by atoms with Crippen LogP contribution in [-0.2, 0) is 14.3 Å². The Morgan fingerprint density at radius 1 is 1.14 bits per heavy atom. The third-order valence-corrected chi connectivity index (χ3v) is 2.45. The predicted molar refractivity (Wildman–Crippen MR) is 79.2 cm³/mol. The van der Waals surface area contributed by atoms with Crippen molar-refractivity contribution in [2.75, 3.05) is 14.2 Å². The summed E-state index contributed by atoms with van der Waals surface area (Å²) in [5, 5.41) is 0. The first-order chi connectivity index (χ1) is 9.76. The van der Waals surface area contributed by atoms with Crippen molar-refractivity contribution in [2.24, 2.45) is 0 Å². The smallest absolute Gasteiger partial charge is 0.341 e. The summed E-state index contributed by atoms with van der Waals surface area (Å²) in [5.41, 5.74) is 0.423. The molecule has 0 bridgehead atoms. The van der Waals surface area contributed by atoms with Crippen molar-refractivity contribution in [2.45, 2.75) is 26.4 Å². The molecule has 0 aromatic heterocycles. The maximum absolute atomic E-state index is 11.7. The van der Waals surface area contributed by atoms with E-state index in [-0.39, 0.29) is 0 Å². The van der Waals surface area contributed by atoms with Crippen LogP contribution in [0.4, 0.5) is 0 Å². The quantitative estimate of drug-likeness (QED) is 0.631. The third-order valence-electron chi connectivity index (χ3n) is 2.45. The van der Waals surface area contributed by atoms with E-state index in [0.717, 1.165) is 0 Å². The largest absolute Gasteiger partial charge is 0.496 e. The molecule has 0 aliphatic heterocycles. The van der Waals surface area contributed by atoms with E-state index in [1.165, 1.54) is 20.3 Å². The molecule has 0 saturated carbocycles. The average molecular weight is 292 g/mol. The second kappa shape index (κ2) is 6.92. The number of carbonyl (C=O) groups excluding carboxylic acids is 2. The zero-order valence-corrected chi connectivity index (χ0v) is 12.9. The van der Waals surface area contributed by atoms with Gasteiger partial charge in [-0.15, -0.1) is 0 Å². The Balaban J connectivity index is 2.95. The normalized spacial score (nSPS) is 11.3. The molecular weight excluding hydrogens is 272 g/mol. The molecule has 0 N–H and O–H groups in total. The van der Waals surface area contributed by atoms with Gasteiger partial charge in [-0.1, -0.05) is 6.07 Å². The molecule has 0 aliphatic carbocycles. The van der Waals surface area contributed by atoms with Gasteiger partial charge in [-0.05, 0) is 44.5 Å². The number of carbonyl (C=O) groups is 2. The lowest BCUT2D eigenvalue weighted by Gasteiger charge is -2.17. The van der Waals surface area contributed by atoms with Crippen LogP contribution in [0.3, 0.4) is 0 Å². The molecular formula is C16H20O5. The van der Waals surface area contributed by atoms with Crippen molar-refractivity contribution in [1.29, 1.82) is 0 Å². The topological polar surface area (TPSA) is 61.8 Å². The van der Waals surface area contributed by atoms with Crippen LogP contribution in [0.2, 0.25) is 0 Å². The highest BCUT2D eigenvalue weighted by Gasteiger charge is 2.15. The Morgan fingerprint density at radius 2 is 1.81 bits per heavy atom. The van der Waals surface area contributed by atoms with E-state index < -0.39 is 17.5 Å². The maximum atomic E-state index is 11.7. The summed E-state index contributed by atoms with van der Waals surface area (Å²) < 4.78 is 14.9. The van der Waals surface area contributed by atoms with Gasteiger partial charge in [0.1, 0.15) is 16.9 Å². The van der Waals surface area contributed by atoms with Gasteiger partial charge >= 0.3 is 11.9 Å². The minimum atomic E-state index is -0.543. The SMILES string of the molecule is COC(=O)c1cc(C=CC(=O)OC(C)(C)C)ccc1OC. The molecule has 114 valence electrons. The highest BCUT2D eigenvalue weighted by Crippen LogP contribution is 2.21. The second-order valence-electron chi connectivity index (χ2n) is 5.32. The molecule has 5 heteroatoms. The maximum Gasteiger partial charge on any atom is 0.341 e. The van der Waals surface area contributed by atoms with Crippen molar-refractivity contribution in [3.63, 3.8) is 0 Å². The molecule has 0 spiro atoms. The van der Waals surface area contributed by atoms with Crippen LogP contribution in [0.25, 0.3) is 6.08 Å². The lowest BCUT2D eigenvalue weighted by Crippen LogP contribution is -2.22. The molecule has 21 heavy (non-hydrogen) atoms. The van der Waals surface area contributed by atoms with E-state index in [4.69, 9.17) is 14.2 Å². The van der Waals surface area contributed by atoms with E-state index in [1.807, 2.05) is 0 Å². The van der Waals surface area contributed by atoms with Gasteiger partial charge in [-0.2, -0.15) is 0 Å².